The second-order valence-electron chi connectivity index (χ2n) is 3.19. The first-order valence-corrected chi connectivity index (χ1v) is 4.65. The quantitative estimate of drug-likeness (QED) is 0.398. The molecule has 0 radical (unpaired) electrons. The minimum atomic E-state index is -0.297. The van der Waals surface area contributed by atoms with Gasteiger partial charge in [0, 0.05) is 19.0 Å². The number of nitrogens with zero attached hydrogens (tertiary/aromatic N) is 1. The molecule has 0 fully saturated rings. The molecule has 0 saturated carbocycles. The van der Waals surface area contributed by atoms with Gasteiger partial charge < -0.3 is 10.1 Å². The van der Waals surface area contributed by atoms with Gasteiger partial charge in [-0.05, 0) is 12.2 Å². The van der Waals surface area contributed by atoms with Crippen molar-refractivity contribution in [3.63, 3.8) is 0 Å². The highest BCUT2D eigenvalue weighted by Crippen LogP contribution is 2.21. The average Bonchev–Trinajstić information content (AvgIpc) is 2.60. The van der Waals surface area contributed by atoms with Gasteiger partial charge in [0.1, 0.15) is 5.71 Å². The molecule has 0 bridgehead atoms. The molecule has 1 aliphatic heterocycles. The maximum absolute atomic E-state index is 11.0. The summed E-state index contributed by atoms with van der Waals surface area (Å²) >= 11 is 0. The first kappa shape index (κ1) is 9.64. The zero-order valence-electron chi connectivity index (χ0n) is 7.97. The molecule has 1 atom stereocenters. The van der Waals surface area contributed by atoms with Gasteiger partial charge in [-0.1, -0.05) is 0 Å². The molecule has 0 aromatic carbocycles. The third-order valence-electron chi connectivity index (χ3n) is 2.10. The summed E-state index contributed by atoms with van der Waals surface area (Å²) in [6.07, 6.45) is 5.46. The second-order valence-corrected chi connectivity index (χ2v) is 3.19. The largest absolute Gasteiger partial charge is 0.466 e. The van der Waals surface area contributed by atoms with Crippen LogP contribution in [0.15, 0.2) is 29.0 Å². The van der Waals surface area contributed by atoms with Crippen molar-refractivity contribution in [3.05, 3.63) is 24.0 Å². The molecule has 2 rings (SSSR count). The number of fused-ring (bicyclic) bond motifs is 1. The molecule has 2 aliphatic rings. The fourth-order valence-electron chi connectivity index (χ4n) is 1.41. The minimum Gasteiger partial charge on any atom is -0.466 e. The van der Waals surface area contributed by atoms with Gasteiger partial charge in [0.2, 0.25) is 6.41 Å². The van der Waals surface area contributed by atoms with Gasteiger partial charge in [-0.2, -0.15) is 0 Å². The highest BCUT2D eigenvalue weighted by molar-refractivity contribution is 6.19. The molecule has 0 aromatic heterocycles. The molecule has 1 amide bonds. The van der Waals surface area contributed by atoms with Crippen LogP contribution in [0.4, 0.5) is 0 Å². The number of ether oxygens (including phenoxy) is 1. The zero-order valence-corrected chi connectivity index (χ0v) is 7.97. The van der Waals surface area contributed by atoms with Crippen LogP contribution >= 0.6 is 0 Å². The van der Waals surface area contributed by atoms with Crippen LogP contribution in [0, 0.1) is 0 Å². The molecule has 0 spiro atoms. The summed E-state index contributed by atoms with van der Waals surface area (Å²) in [6.45, 7) is 0.510. The standard InChI is InChI=1S/C10H10N2O3/c13-6-11-4-3-10-12-8-2-1-7(14)5-9(8)15-10/h1-2,5-6,10H,3-4H2,(H,11,13). The van der Waals surface area contributed by atoms with Crippen molar-refractivity contribution in [2.45, 2.75) is 12.6 Å². The Morgan fingerprint density at radius 1 is 1.53 bits per heavy atom. The summed E-state index contributed by atoms with van der Waals surface area (Å²) < 4.78 is 5.41. The monoisotopic (exact) mass is 206 g/mol. The molecule has 1 heterocycles. The van der Waals surface area contributed by atoms with E-state index in [0.29, 0.717) is 30.8 Å². The summed E-state index contributed by atoms with van der Waals surface area (Å²) in [5, 5.41) is 2.53. The molecular formula is C10H10N2O3. The maximum atomic E-state index is 11.0. The molecule has 15 heavy (non-hydrogen) atoms. The van der Waals surface area contributed by atoms with Gasteiger partial charge in [0.25, 0.3) is 0 Å². The zero-order chi connectivity index (χ0) is 10.7. The lowest BCUT2D eigenvalue weighted by atomic mass is 10.1. The van der Waals surface area contributed by atoms with Crippen LogP contribution in [0.1, 0.15) is 6.42 Å². The van der Waals surface area contributed by atoms with Crippen LogP contribution in [0.2, 0.25) is 0 Å². The van der Waals surface area contributed by atoms with Gasteiger partial charge in [-0.25, -0.2) is 4.99 Å². The van der Waals surface area contributed by atoms with Gasteiger partial charge in [-0.15, -0.1) is 0 Å². The van der Waals surface area contributed by atoms with Crippen molar-refractivity contribution in [3.8, 4) is 0 Å². The lowest BCUT2D eigenvalue weighted by Gasteiger charge is -2.08. The van der Waals surface area contributed by atoms with E-state index in [1.54, 1.807) is 6.08 Å². The summed E-state index contributed by atoms with van der Waals surface area (Å²) in [5.74, 6) is 0.439. The van der Waals surface area contributed by atoms with Crippen molar-refractivity contribution in [2.24, 2.45) is 4.99 Å². The van der Waals surface area contributed by atoms with E-state index < -0.39 is 0 Å². The Hall–Kier alpha value is -1.91. The van der Waals surface area contributed by atoms with Crippen LogP contribution in [0.25, 0.3) is 0 Å². The van der Waals surface area contributed by atoms with Crippen LogP contribution < -0.4 is 5.32 Å². The van der Waals surface area contributed by atoms with Crippen molar-refractivity contribution in [1.82, 2.24) is 5.32 Å². The van der Waals surface area contributed by atoms with E-state index in [0.717, 1.165) is 0 Å². The number of hydrogen-bond donors (Lipinski definition) is 1. The maximum Gasteiger partial charge on any atom is 0.207 e. The first-order chi connectivity index (χ1) is 7.29. The second kappa shape index (κ2) is 4.08. The molecule has 0 aromatic rings. The Balaban J connectivity index is 1.96. The predicted molar refractivity (Wildman–Crippen MR) is 53.2 cm³/mol. The Bertz CT molecular complexity index is 382. The van der Waals surface area contributed by atoms with E-state index in [9.17, 15) is 9.59 Å². The lowest BCUT2D eigenvalue weighted by Crippen LogP contribution is -2.17. The van der Waals surface area contributed by atoms with E-state index in [1.807, 2.05) is 0 Å². The fourth-order valence-corrected chi connectivity index (χ4v) is 1.41. The molecule has 1 aliphatic carbocycles. The van der Waals surface area contributed by atoms with Gasteiger partial charge in [0.05, 0.1) is 0 Å². The molecule has 1 N–H and O–H groups in total. The molecule has 5 nitrogen and oxygen atoms in total. The first-order valence-electron chi connectivity index (χ1n) is 4.65. The van der Waals surface area contributed by atoms with Gasteiger partial charge in [-0.3, -0.25) is 9.59 Å². The Morgan fingerprint density at radius 2 is 2.40 bits per heavy atom. The minimum absolute atomic E-state index is 0.0874. The van der Waals surface area contributed by atoms with Crippen molar-refractivity contribution >= 4 is 17.9 Å². The molecular weight excluding hydrogens is 196 g/mol. The number of rotatable bonds is 4. The van der Waals surface area contributed by atoms with Crippen LogP contribution in [-0.2, 0) is 14.3 Å². The summed E-state index contributed by atoms with van der Waals surface area (Å²) in [6, 6.07) is 0. The fraction of sp³-hybridized carbons (Fsp3) is 0.300. The van der Waals surface area contributed by atoms with Crippen molar-refractivity contribution in [2.75, 3.05) is 6.54 Å². The Morgan fingerprint density at radius 3 is 3.20 bits per heavy atom. The Kier molecular flexibility index (Phi) is 2.62. The molecule has 0 saturated heterocycles. The number of allylic oxidation sites excluding steroid dienone is 3. The third-order valence-corrected chi connectivity index (χ3v) is 2.10. The van der Waals surface area contributed by atoms with Crippen LogP contribution in [0.3, 0.4) is 0 Å². The SMILES string of the molecule is O=CNCCC1N=C2C=CC(=O)C=C2O1. The Labute approximate surface area is 86.5 Å². The number of ketones is 1. The number of aliphatic imine (C=N–C) groups is 1. The van der Waals surface area contributed by atoms with Crippen molar-refractivity contribution in [1.29, 1.82) is 0 Å². The molecule has 78 valence electrons. The van der Waals surface area contributed by atoms with Crippen molar-refractivity contribution < 1.29 is 14.3 Å². The predicted octanol–water partition coefficient (Wildman–Crippen LogP) is -0.0574. The lowest BCUT2D eigenvalue weighted by molar-refractivity contribution is -0.111. The number of nitrogens with one attached hydrogen (secondary N) is 1. The highest BCUT2D eigenvalue weighted by atomic mass is 16.5. The summed E-state index contributed by atoms with van der Waals surface area (Å²) in [5.41, 5.74) is 0.700. The number of carbonyl (C=O) groups is 2. The number of amides is 1. The summed E-state index contributed by atoms with van der Waals surface area (Å²) in [7, 11) is 0. The van der Waals surface area contributed by atoms with E-state index >= 15 is 0 Å². The van der Waals surface area contributed by atoms with Crippen LogP contribution in [0.5, 0.6) is 0 Å². The average molecular weight is 206 g/mol. The molecule has 5 heteroatoms. The normalized spacial score (nSPS) is 22.7. The van der Waals surface area contributed by atoms with E-state index in [-0.39, 0.29) is 12.0 Å². The summed E-state index contributed by atoms with van der Waals surface area (Å²) in [4.78, 5) is 25.3. The van der Waals surface area contributed by atoms with E-state index in [2.05, 4.69) is 10.3 Å². The van der Waals surface area contributed by atoms with E-state index in [4.69, 9.17) is 4.74 Å². The topological polar surface area (TPSA) is 67.8 Å². The van der Waals surface area contributed by atoms with Crippen LogP contribution in [-0.4, -0.2) is 30.7 Å². The highest BCUT2D eigenvalue weighted by Gasteiger charge is 2.24. The number of hydrogen-bond acceptors (Lipinski definition) is 4. The third kappa shape index (κ3) is 2.12. The van der Waals surface area contributed by atoms with Gasteiger partial charge >= 0.3 is 0 Å². The number of carbonyl (C=O) groups excluding carboxylic acids is 2. The molecule has 1 unspecified atom stereocenters. The smallest absolute Gasteiger partial charge is 0.207 e. The van der Waals surface area contributed by atoms with E-state index in [1.165, 1.54) is 12.2 Å². The van der Waals surface area contributed by atoms with Gasteiger partial charge in [0.15, 0.2) is 17.8 Å².